The standard InChI is InChI=1S/C15H19NO3/c17-14-8-11-6-12(14)7-13(11)16-15(18)19-9-10-4-2-1-3-5-10/h1-5,11-14,17H,6-9H2,(H,16,18). The van der Waals surface area contributed by atoms with E-state index < -0.39 is 0 Å². The van der Waals surface area contributed by atoms with Crippen molar-refractivity contribution in [2.24, 2.45) is 11.8 Å². The van der Waals surface area contributed by atoms with Gasteiger partial charge in [-0.05, 0) is 36.7 Å². The van der Waals surface area contributed by atoms with Gasteiger partial charge >= 0.3 is 6.09 Å². The van der Waals surface area contributed by atoms with E-state index in [2.05, 4.69) is 5.32 Å². The SMILES string of the molecule is O=C(NC1CC2CC1CC2O)OCc1ccccc1. The summed E-state index contributed by atoms with van der Waals surface area (Å²) >= 11 is 0. The first-order valence-corrected chi connectivity index (χ1v) is 6.87. The zero-order chi connectivity index (χ0) is 13.2. The third-order valence-corrected chi connectivity index (χ3v) is 4.34. The number of carbonyl (C=O) groups is 1. The highest BCUT2D eigenvalue weighted by Crippen LogP contribution is 2.44. The van der Waals surface area contributed by atoms with Crippen molar-refractivity contribution in [1.82, 2.24) is 5.32 Å². The van der Waals surface area contributed by atoms with Crippen molar-refractivity contribution >= 4 is 6.09 Å². The van der Waals surface area contributed by atoms with Gasteiger partial charge in [0.25, 0.3) is 0 Å². The maximum atomic E-state index is 11.7. The smallest absolute Gasteiger partial charge is 0.407 e. The lowest BCUT2D eigenvalue weighted by Crippen LogP contribution is -2.40. The highest BCUT2D eigenvalue weighted by molar-refractivity contribution is 5.67. The van der Waals surface area contributed by atoms with Gasteiger partial charge in [0.2, 0.25) is 0 Å². The molecule has 1 aromatic rings. The maximum absolute atomic E-state index is 11.7. The predicted octanol–water partition coefficient (Wildman–Crippen LogP) is 2.07. The van der Waals surface area contributed by atoms with Crippen LogP contribution in [0.1, 0.15) is 24.8 Å². The predicted molar refractivity (Wildman–Crippen MR) is 70.4 cm³/mol. The number of hydrogen-bond acceptors (Lipinski definition) is 3. The molecule has 1 amide bonds. The molecule has 2 saturated carbocycles. The third-order valence-electron chi connectivity index (χ3n) is 4.34. The van der Waals surface area contributed by atoms with Gasteiger partial charge in [0, 0.05) is 6.04 Å². The highest BCUT2D eigenvalue weighted by Gasteiger charge is 2.45. The van der Waals surface area contributed by atoms with Gasteiger partial charge < -0.3 is 15.2 Å². The van der Waals surface area contributed by atoms with Crippen LogP contribution in [0.15, 0.2) is 30.3 Å². The third kappa shape index (κ3) is 2.73. The van der Waals surface area contributed by atoms with E-state index in [1.807, 2.05) is 30.3 Å². The number of rotatable bonds is 3. The van der Waals surface area contributed by atoms with Crippen LogP contribution in [0, 0.1) is 11.8 Å². The van der Waals surface area contributed by atoms with Gasteiger partial charge in [0.05, 0.1) is 6.10 Å². The molecule has 2 aliphatic carbocycles. The molecule has 19 heavy (non-hydrogen) atoms. The Morgan fingerprint density at radius 2 is 2.00 bits per heavy atom. The normalized spacial score (nSPS) is 32.3. The largest absolute Gasteiger partial charge is 0.445 e. The molecule has 102 valence electrons. The molecular formula is C15H19NO3. The molecule has 3 rings (SSSR count). The summed E-state index contributed by atoms with van der Waals surface area (Å²) in [5.41, 5.74) is 0.987. The van der Waals surface area contributed by atoms with Gasteiger partial charge in [-0.2, -0.15) is 0 Å². The Labute approximate surface area is 112 Å². The number of fused-ring (bicyclic) bond motifs is 2. The van der Waals surface area contributed by atoms with Crippen LogP contribution < -0.4 is 5.32 Å². The molecule has 0 heterocycles. The van der Waals surface area contributed by atoms with Gasteiger partial charge in [-0.1, -0.05) is 30.3 Å². The molecule has 4 unspecified atom stereocenters. The van der Waals surface area contributed by atoms with Gasteiger partial charge in [0.15, 0.2) is 0 Å². The van der Waals surface area contributed by atoms with E-state index >= 15 is 0 Å². The van der Waals surface area contributed by atoms with E-state index in [4.69, 9.17) is 4.74 Å². The molecule has 2 bridgehead atoms. The number of hydrogen-bond donors (Lipinski definition) is 2. The van der Waals surface area contributed by atoms with Crippen molar-refractivity contribution in [3.63, 3.8) is 0 Å². The fourth-order valence-electron chi connectivity index (χ4n) is 3.34. The fourth-order valence-corrected chi connectivity index (χ4v) is 3.34. The summed E-state index contributed by atoms with van der Waals surface area (Å²) in [6.45, 7) is 0.302. The quantitative estimate of drug-likeness (QED) is 0.875. The van der Waals surface area contributed by atoms with Crippen LogP contribution in [0.25, 0.3) is 0 Å². The van der Waals surface area contributed by atoms with Crippen LogP contribution >= 0.6 is 0 Å². The van der Waals surface area contributed by atoms with Crippen LogP contribution in [0.5, 0.6) is 0 Å². The van der Waals surface area contributed by atoms with Crippen molar-refractivity contribution in [3.05, 3.63) is 35.9 Å². The van der Waals surface area contributed by atoms with Crippen molar-refractivity contribution in [1.29, 1.82) is 0 Å². The van der Waals surface area contributed by atoms with Crippen LogP contribution in [0.3, 0.4) is 0 Å². The lowest BCUT2D eigenvalue weighted by molar-refractivity contribution is 0.0947. The summed E-state index contributed by atoms with van der Waals surface area (Å²) in [6.07, 6.45) is 2.21. The second-order valence-corrected chi connectivity index (χ2v) is 5.61. The fraction of sp³-hybridized carbons (Fsp3) is 0.533. The highest BCUT2D eigenvalue weighted by atomic mass is 16.5. The minimum Gasteiger partial charge on any atom is -0.445 e. The van der Waals surface area contributed by atoms with Crippen LogP contribution in [0.2, 0.25) is 0 Å². The van der Waals surface area contributed by atoms with E-state index in [0.29, 0.717) is 18.4 Å². The van der Waals surface area contributed by atoms with Crippen LogP contribution in [-0.2, 0) is 11.3 Å². The number of aliphatic hydroxyl groups excluding tert-OH is 1. The lowest BCUT2D eigenvalue weighted by Gasteiger charge is -2.25. The van der Waals surface area contributed by atoms with Crippen molar-refractivity contribution in [2.75, 3.05) is 0 Å². The zero-order valence-corrected chi connectivity index (χ0v) is 10.8. The second-order valence-electron chi connectivity index (χ2n) is 5.61. The molecule has 4 atom stereocenters. The molecule has 0 aromatic heterocycles. The summed E-state index contributed by atoms with van der Waals surface area (Å²) in [6, 6.07) is 9.82. The Bertz CT molecular complexity index is 446. The first-order chi connectivity index (χ1) is 9.22. The van der Waals surface area contributed by atoms with E-state index in [9.17, 15) is 9.90 Å². The zero-order valence-electron chi connectivity index (χ0n) is 10.8. The molecule has 4 nitrogen and oxygen atoms in total. The number of ether oxygens (including phenoxy) is 1. The Morgan fingerprint density at radius 1 is 1.21 bits per heavy atom. The summed E-state index contributed by atoms with van der Waals surface area (Å²) in [4.78, 5) is 11.7. The first kappa shape index (κ1) is 12.5. The van der Waals surface area contributed by atoms with E-state index in [1.165, 1.54) is 0 Å². The first-order valence-electron chi connectivity index (χ1n) is 6.87. The number of nitrogens with one attached hydrogen (secondary N) is 1. The second kappa shape index (κ2) is 5.21. The molecule has 0 spiro atoms. The van der Waals surface area contributed by atoms with Gasteiger partial charge in [0.1, 0.15) is 6.61 Å². The average molecular weight is 261 g/mol. The van der Waals surface area contributed by atoms with E-state index in [1.54, 1.807) is 0 Å². The minimum absolute atomic E-state index is 0.164. The lowest BCUT2D eigenvalue weighted by atomic mass is 9.93. The van der Waals surface area contributed by atoms with Gasteiger partial charge in [-0.15, -0.1) is 0 Å². The Balaban J connectivity index is 1.45. The Morgan fingerprint density at radius 3 is 2.63 bits per heavy atom. The molecule has 2 fully saturated rings. The van der Waals surface area contributed by atoms with Crippen molar-refractivity contribution in [3.8, 4) is 0 Å². The summed E-state index contributed by atoms with van der Waals surface area (Å²) in [5, 5.41) is 12.6. The number of amides is 1. The summed E-state index contributed by atoms with van der Waals surface area (Å²) < 4.78 is 5.21. The Hall–Kier alpha value is -1.55. The number of carbonyl (C=O) groups excluding carboxylic acids is 1. The average Bonchev–Trinajstić information content (AvgIpc) is 2.96. The summed E-state index contributed by atoms with van der Waals surface area (Å²) in [5.74, 6) is 0.786. The topological polar surface area (TPSA) is 58.6 Å². The van der Waals surface area contributed by atoms with Crippen LogP contribution in [-0.4, -0.2) is 23.3 Å². The molecule has 2 aliphatic rings. The number of aliphatic hydroxyl groups is 1. The molecule has 1 aromatic carbocycles. The van der Waals surface area contributed by atoms with E-state index in [0.717, 1.165) is 24.8 Å². The molecule has 0 aliphatic heterocycles. The number of benzene rings is 1. The monoisotopic (exact) mass is 261 g/mol. The Kier molecular flexibility index (Phi) is 3.42. The van der Waals surface area contributed by atoms with Crippen molar-refractivity contribution in [2.45, 2.75) is 38.0 Å². The van der Waals surface area contributed by atoms with E-state index in [-0.39, 0.29) is 18.2 Å². The molecule has 0 radical (unpaired) electrons. The van der Waals surface area contributed by atoms with Crippen molar-refractivity contribution < 1.29 is 14.6 Å². The summed E-state index contributed by atoms with van der Waals surface area (Å²) in [7, 11) is 0. The molecule has 2 N–H and O–H groups in total. The molecule has 0 saturated heterocycles. The van der Waals surface area contributed by atoms with Gasteiger partial charge in [-0.3, -0.25) is 0 Å². The number of alkyl carbamates (subject to hydrolysis) is 1. The minimum atomic E-state index is -0.351. The van der Waals surface area contributed by atoms with Crippen LogP contribution in [0.4, 0.5) is 4.79 Å². The van der Waals surface area contributed by atoms with Gasteiger partial charge in [-0.25, -0.2) is 4.79 Å². The maximum Gasteiger partial charge on any atom is 0.407 e. The molecular weight excluding hydrogens is 242 g/mol. The molecule has 4 heteroatoms.